The molecule has 3 heteroatoms. The predicted octanol–water partition coefficient (Wildman–Crippen LogP) is 1.56. The molecule has 87 valence electrons. The Hall–Kier alpha value is -1.35. The molecule has 0 saturated heterocycles. The predicted molar refractivity (Wildman–Crippen MR) is 65.4 cm³/mol. The maximum absolute atomic E-state index is 11.6. The molecule has 1 radical (unpaired) electrons. The van der Waals surface area contributed by atoms with Crippen LogP contribution in [0.4, 0.5) is 0 Å². The van der Waals surface area contributed by atoms with Crippen LogP contribution in [0.2, 0.25) is 0 Å². The van der Waals surface area contributed by atoms with Crippen LogP contribution in [0, 0.1) is 6.07 Å². The molecule has 3 nitrogen and oxygen atoms in total. The third-order valence-corrected chi connectivity index (χ3v) is 2.56. The van der Waals surface area contributed by atoms with Gasteiger partial charge in [0.15, 0.2) is 0 Å². The fourth-order valence-corrected chi connectivity index (χ4v) is 1.50. The number of rotatable bonds is 6. The first kappa shape index (κ1) is 12.7. The molecule has 0 atom stereocenters. The highest BCUT2D eigenvalue weighted by atomic mass is 16.1. The van der Waals surface area contributed by atoms with Crippen LogP contribution in [0.5, 0.6) is 0 Å². The normalized spacial score (nSPS) is 10.4. The number of nitrogens with one attached hydrogen (secondary N) is 1. The molecular weight excluding hydrogens is 200 g/mol. The van der Waals surface area contributed by atoms with Crippen LogP contribution in [0.3, 0.4) is 0 Å². The topological polar surface area (TPSA) is 32.3 Å². The van der Waals surface area contributed by atoms with Gasteiger partial charge in [0, 0.05) is 18.7 Å². The van der Waals surface area contributed by atoms with Gasteiger partial charge in [-0.05, 0) is 25.2 Å². The SMILES string of the molecule is CCN(CC)CCNC(=O)c1[c]cccc1. The number of amides is 1. The van der Waals surface area contributed by atoms with Crippen LogP contribution in [-0.4, -0.2) is 37.0 Å². The highest BCUT2D eigenvalue weighted by molar-refractivity contribution is 5.93. The number of hydrogen-bond donors (Lipinski definition) is 1. The zero-order valence-corrected chi connectivity index (χ0v) is 9.99. The minimum atomic E-state index is -0.0484. The summed E-state index contributed by atoms with van der Waals surface area (Å²) >= 11 is 0. The largest absolute Gasteiger partial charge is 0.351 e. The number of hydrogen-bond acceptors (Lipinski definition) is 2. The maximum Gasteiger partial charge on any atom is 0.251 e. The molecule has 0 aromatic heterocycles. The number of carbonyl (C=O) groups excluding carboxylic acids is 1. The first-order valence-electron chi connectivity index (χ1n) is 5.75. The lowest BCUT2D eigenvalue weighted by molar-refractivity contribution is 0.0948. The summed E-state index contributed by atoms with van der Waals surface area (Å²) in [6.45, 7) is 7.86. The minimum absolute atomic E-state index is 0.0484. The Morgan fingerprint density at radius 3 is 2.69 bits per heavy atom. The monoisotopic (exact) mass is 219 g/mol. The first-order chi connectivity index (χ1) is 7.77. The van der Waals surface area contributed by atoms with E-state index < -0.39 is 0 Å². The van der Waals surface area contributed by atoms with Crippen LogP contribution in [0.15, 0.2) is 24.3 Å². The summed E-state index contributed by atoms with van der Waals surface area (Å²) in [7, 11) is 0. The summed E-state index contributed by atoms with van der Waals surface area (Å²) in [5.41, 5.74) is 0.599. The quantitative estimate of drug-likeness (QED) is 0.787. The molecule has 1 amide bonds. The van der Waals surface area contributed by atoms with Gasteiger partial charge in [0.05, 0.1) is 0 Å². The van der Waals surface area contributed by atoms with E-state index in [1.165, 1.54) is 0 Å². The second-order valence-electron chi connectivity index (χ2n) is 3.56. The fourth-order valence-electron chi connectivity index (χ4n) is 1.50. The van der Waals surface area contributed by atoms with E-state index >= 15 is 0 Å². The van der Waals surface area contributed by atoms with Gasteiger partial charge in [0.1, 0.15) is 0 Å². The van der Waals surface area contributed by atoms with Gasteiger partial charge in [0.25, 0.3) is 5.91 Å². The second kappa shape index (κ2) is 7.01. The molecule has 1 rings (SSSR count). The number of nitrogens with zero attached hydrogens (tertiary/aromatic N) is 1. The zero-order chi connectivity index (χ0) is 11.8. The van der Waals surface area contributed by atoms with Crippen molar-refractivity contribution >= 4 is 5.91 Å². The molecule has 0 saturated carbocycles. The van der Waals surface area contributed by atoms with Crippen LogP contribution in [-0.2, 0) is 0 Å². The van der Waals surface area contributed by atoms with Gasteiger partial charge in [-0.15, -0.1) is 0 Å². The summed E-state index contributed by atoms with van der Waals surface area (Å²) < 4.78 is 0. The molecule has 1 aromatic carbocycles. The van der Waals surface area contributed by atoms with E-state index in [1.54, 1.807) is 12.1 Å². The van der Waals surface area contributed by atoms with Crippen molar-refractivity contribution in [3.63, 3.8) is 0 Å². The van der Waals surface area contributed by atoms with Gasteiger partial charge >= 0.3 is 0 Å². The Bertz CT molecular complexity index is 307. The van der Waals surface area contributed by atoms with Gasteiger partial charge in [-0.3, -0.25) is 4.79 Å². The van der Waals surface area contributed by atoms with Crippen molar-refractivity contribution in [2.45, 2.75) is 13.8 Å². The van der Waals surface area contributed by atoms with E-state index in [0.717, 1.165) is 19.6 Å². The van der Waals surface area contributed by atoms with Gasteiger partial charge in [0.2, 0.25) is 0 Å². The van der Waals surface area contributed by atoms with Crippen molar-refractivity contribution in [2.24, 2.45) is 0 Å². The standard InChI is InChI=1S/C13H19N2O/c1-3-15(4-2)11-10-14-13(16)12-8-6-5-7-9-12/h5-8H,3-4,10-11H2,1-2H3,(H,14,16). The zero-order valence-electron chi connectivity index (χ0n) is 9.99. The van der Waals surface area contributed by atoms with E-state index in [4.69, 9.17) is 0 Å². The van der Waals surface area contributed by atoms with Crippen molar-refractivity contribution in [1.82, 2.24) is 10.2 Å². The molecule has 1 aromatic rings. The third kappa shape index (κ3) is 4.03. The van der Waals surface area contributed by atoms with Crippen molar-refractivity contribution in [3.8, 4) is 0 Å². The van der Waals surface area contributed by atoms with Gasteiger partial charge in [-0.25, -0.2) is 0 Å². The Labute approximate surface area is 97.5 Å². The average molecular weight is 219 g/mol. The van der Waals surface area contributed by atoms with Crippen molar-refractivity contribution in [3.05, 3.63) is 35.9 Å². The molecule has 0 aliphatic heterocycles. The van der Waals surface area contributed by atoms with E-state index in [-0.39, 0.29) is 5.91 Å². The Kier molecular flexibility index (Phi) is 5.57. The molecule has 16 heavy (non-hydrogen) atoms. The number of benzene rings is 1. The van der Waals surface area contributed by atoms with Crippen LogP contribution < -0.4 is 5.32 Å². The van der Waals surface area contributed by atoms with E-state index in [9.17, 15) is 4.79 Å². The molecule has 0 unspecified atom stereocenters. The molecule has 1 N–H and O–H groups in total. The summed E-state index contributed by atoms with van der Waals surface area (Å²) in [5, 5.41) is 2.89. The Morgan fingerprint density at radius 2 is 2.12 bits per heavy atom. The summed E-state index contributed by atoms with van der Waals surface area (Å²) in [5.74, 6) is -0.0484. The number of carbonyl (C=O) groups is 1. The fraction of sp³-hybridized carbons (Fsp3) is 0.462. The van der Waals surface area contributed by atoms with Crippen LogP contribution in [0.1, 0.15) is 24.2 Å². The third-order valence-electron chi connectivity index (χ3n) is 2.56. The Morgan fingerprint density at radius 1 is 1.38 bits per heavy atom. The molecule has 0 bridgehead atoms. The molecule has 0 aliphatic carbocycles. The van der Waals surface area contributed by atoms with Gasteiger partial charge in [-0.2, -0.15) is 0 Å². The smallest absolute Gasteiger partial charge is 0.251 e. The summed E-state index contributed by atoms with van der Waals surface area (Å²) in [4.78, 5) is 13.9. The number of likely N-dealkylation sites (N-methyl/N-ethyl adjacent to an activating group) is 1. The lowest BCUT2D eigenvalue weighted by Crippen LogP contribution is -2.34. The van der Waals surface area contributed by atoms with E-state index in [0.29, 0.717) is 12.1 Å². The van der Waals surface area contributed by atoms with E-state index in [2.05, 4.69) is 30.1 Å². The molecule has 0 heterocycles. The molecular formula is C13H19N2O. The van der Waals surface area contributed by atoms with Gasteiger partial charge in [-0.1, -0.05) is 32.0 Å². The molecule has 0 fully saturated rings. The second-order valence-corrected chi connectivity index (χ2v) is 3.56. The van der Waals surface area contributed by atoms with Crippen molar-refractivity contribution < 1.29 is 4.79 Å². The summed E-state index contributed by atoms with van der Waals surface area (Å²) in [6.07, 6.45) is 0. The Balaban J connectivity index is 2.31. The summed E-state index contributed by atoms with van der Waals surface area (Å²) in [6, 6.07) is 10.1. The molecule has 0 spiro atoms. The lowest BCUT2D eigenvalue weighted by Gasteiger charge is -2.17. The minimum Gasteiger partial charge on any atom is -0.351 e. The maximum atomic E-state index is 11.6. The van der Waals surface area contributed by atoms with Crippen LogP contribution >= 0.6 is 0 Å². The van der Waals surface area contributed by atoms with Crippen LogP contribution in [0.25, 0.3) is 0 Å². The first-order valence-corrected chi connectivity index (χ1v) is 5.75. The highest BCUT2D eigenvalue weighted by Crippen LogP contribution is 1.96. The average Bonchev–Trinajstić information content (AvgIpc) is 2.35. The lowest BCUT2D eigenvalue weighted by atomic mass is 10.2. The highest BCUT2D eigenvalue weighted by Gasteiger charge is 2.04. The van der Waals surface area contributed by atoms with E-state index in [1.807, 2.05) is 12.1 Å². The van der Waals surface area contributed by atoms with Crippen molar-refractivity contribution in [1.29, 1.82) is 0 Å². The van der Waals surface area contributed by atoms with Gasteiger partial charge < -0.3 is 10.2 Å². The molecule has 0 aliphatic rings. The van der Waals surface area contributed by atoms with Crippen molar-refractivity contribution in [2.75, 3.05) is 26.2 Å².